The average molecular weight is 364 g/mol. The number of guanidine groups is 1. The zero-order chi connectivity index (χ0) is 18.2. The van der Waals surface area contributed by atoms with Gasteiger partial charge in [0.05, 0.1) is 17.8 Å². The zero-order valence-corrected chi connectivity index (χ0v) is 16.0. The van der Waals surface area contributed by atoms with Crippen molar-refractivity contribution >= 4 is 17.6 Å². The van der Waals surface area contributed by atoms with Gasteiger partial charge in [-0.15, -0.1) is 0 Å². The minimum atomic E-state index is -0.0830. The predicted octanol–water partition coefficient (Wildman–Crippen LogP) is 2.94. The number of aliphatic imine (C=N–C) groups is 1. The van der Waals surface area contributed by atoms with Gasteiger partial charge in [0.2, 0.25) is 0 Å². The minimum Gasteiger partial charge on any atom is -0.487 e. The van der Waals surface area contributed by atoms with E-state index in [1.165, 1.54) is 0 Å². The van der Waals surface area contributed by atoms with E-state index >= 15 is 0 Å². The molecular formula is C18H26ClN5O. The van der Waals surface area contributed by atoms with Gasteiger partial charge in [-0.3, -0.25) is 4.68 Å². The number of para-hydroxylation sites is 1. The summed E-state index contributed by atoms with van der Waals surface area (Å²) in [5, 5.41) is 8.12. The predicted molar refractivity (Wildman–Crippen MR) is 102 cm³/mol. The number of hydrogen-bond acceptors (Lipinski definition) is 3. The Kier molecular flexibility index (Phi) is 7.13. The second kappa shape index (κ2) is 9.32. The van der Waals surface area contributed by atoms with Crippen LogP contribution >= 0.6 is 11.6 Å². The highest BCUT2D eigenvalue weighted by Crippen LogP contribution is 2.24. The number of hydrogen-bond donors (Lipinski definition) is 1. The monoisotopic (exact) mass is 363 g/mol. The number of aromatic nitrogens is 2. The molecule has 7 heteroatoms. The molecule has 0 aliphatic carbocycles. The first-order chi connectivity index (χ1) is 12.0. The molecule has 2 aromatic rings. The van der Waals surface area contributed by atoms with Crippen molar-refractivity contribution in [3.05, 3.63) is 47.2 Å². The Labute approximate surface area is 154 Å². The second-order valence-electron chi connectivity index (χ2n) is 5.93. The van der Waals surface area contributed by atoms with Crippen molar-refractivity contribution in [1.82, 2.24) is 20.0 Å². The highest BCUT2D eigenvalue weighted by atomic mass is 35.5. The van der Waals surface area contributed by atoms with Crippen molar-refractivity contribution in [3.63, 3.8) is 0 Å². The maximum atomic E-state index is 6.13. The smallest absolute Gasteiger partial charge is 0.194 e. The summed E-state index contributed by atoms with van der Waals surface area (Å²) in [7, 11) is 3.92. The average Bonchev–Trinajstić information content (AvgIpc) is 2.98. The van der Waals surface area contributed by atoms with Gasteiger partial charge in [-0.25, -0.2) is 4.99 Å². The lowest BCUT2D eigenvalue weighted by Crippen LogP contribution is -2.39. The molecule has 1 atom stereocenters. The lowest BCUT2D eigenvalue weighted by molar-refractivity contribution is 0.230. The first-order valence-corrected chi connectivity index (χ1v) is 8.75. The van der Waals surface area contributed by atoms with Crippen molar-refractivity contribution in [2.45, 2.75) is 26.5 Å². The lowest BCUT2D eigenvalue weighted by Gasteiger charge is -2.22. The fourth-order valence-electron chi connectivity index (χ4n) is 2.38. The van der Waals surface area contributed by atoms with Crippen molar-refractivity contribution in [2.24, 2.45) is 12.0 Å². The third kappa shape index (κ3) is 5.98. The SMILES string of the molecule is CCNC(=NCC(C)Oc1ccccc1Cl)N(C)Cc1cnn(C)c1. The molecule has 1 N–H and O–H groups in total. The first kappa shape index (κ1) is 19.1. The Morgan fingerprint density at radius 1 is 1.44 bits per heavy atom. The number of aryl methyl sites for hydroxylation is 1. The Hall–Kier alpha value is -2.21. The van der Waals surface area contributed by atoms with Crippen molar-refractivity contribution < 1.29 is 4.74 Å². The van der Waals surface area contributed by atoms with Gasteiger partial charge >= 0.3 is 0 Å². The Balaban J connectivity index is 1.96. The van der Waals surface area contributed by atoms with Gasteiger partial charge in [-0.05, 0) is 26.0 Å². The normalized spacial score (nSPS) is 12.8. The second-order valence-corrected chi connectivity index (χ2v) is 6.34. The molecule has 0 saturated heterocycles. The topological polar surface area (TPSA) is 54.7 Å². The van der Waals surface area contributed by atoms with Crippen molar-refractivity contribution in [2.75, 3.05) is 20.1 Å². The molecule has 1 aromatic carbocycles. The van der Waals surface area contributed by atoms with Gasteiger partial charge < -0.3 is 15.0 Å². The highest BCUT2D eigenvalue weighted by molar-refractivity contribution is 6.32. The van der Waals surface area contributed by atoms with Gasteiger partial charge in [0.1, 0.15) is 11.9 Å². The third-order valence-electron chi connectivity index (χ3n) is 3.54. The summed E-state index contributed by atoms with van der Waals surface area (Å²) in [6.07, 6.45) is 3.78. The fraction of sp³-hybridized carbons (Fsp3) is 0.444. The third-order valence-corrected chi connectivity index (χ3v) is 3.85. The van der Waals surface area contributed by atoms with E-state index in [0.29, 0.717) is 17.3 Å². The van der Waals surface area contributed by atoms with Crippen LogP contribution in [0.5, 0.6) is 5.75 Å². The Morgan fingerprint density at radius 3 is 2.84 bits per heavy atom. The van der Waals surface area contributed by atoms with Gasteiger partial charge in [-0.1, -0.05) is 23.7 Å². The van der Waals surface area contributed by atoms with Crippen LogP contribution < -0.4 is 10.1 Å². The molecule has 1 aromatic heterocycles. The Morgan fingerprint density at radius 2 is 2.20 bits per heavy atom. The van der Waals surface area contributed by atoms with Crippen LogP contribution in [0.3, 0.4) is 0 Å². The van der Waals surface area contributed by atoms with E-state index in [2.05, 4.69) is 27.2 Å². The summed E-state index contributed by atoms with van der Waals surface area (Å²) in [6, 6.07) is 7.47. The molecular weight excluding hydrogens is 338 g/mol. The van der Waals surface area contributed by atoms with Crippen LogP contribution in [0.1, 0.15) is 19.4 Å². The molecule has 0 bridgehead atoms. The van der Waals surface area contributed by atoms with Crippen LogP contribution in [0.15, 0.2) is 41.7 Å². The van der Waals surface area contributed by atoms with E-state index in [4.69, 9.17) is 16.3 Å². The van der Waals surface area contributed by atoms with Gasteiger partial charge in [0.15, 0.2) is 5.96 Å². The molecule has 0 aliphatic rings. The first-order valence-electron chi connectivity index (χ1n) is 8.37. The highest BCUT2D eigenvalue weighted by Gasteiger charge is 2.10. The van der Waals surface area contributed by atoms with E-state index in [1.807, 2.05) is 57.7 Å². The number of nitrogens with zero attached hydrogens (tertiary/aromatic N) is 4. The van der Waals surface area contributed by atoms with Crippen LogP contribution in [0.4, 0.5) is 0 Å². The Bertz CT molecular complexity index is 700. The summed E-state index contributed by atoms with van der Waals surface area (Å²) in [5.74, 6) is 1.52. The molecule has 0 aliphatic heterocycles. The van der Waals surface area contributed by atoms with Gasteiger partial charge in [0, 0.05) is 38.9 Å². The number of rotatable bonds is 7. The molecule has 1 unspecified atom stereocenters. The van der Waals surface area contributed by atoms with Crippen LogP contribution in [0.2, 0.25) is 5.02 Å². The number of halogens is 1. The van der Waals surface area contributed by atoms with E-state index in [0.717, 1.165) is 24.6 Å². The molecule has 25 heavy (non-hydrogen) atoms. The molecule has 1 heterocycles. The standard InChI is InChI=1S/C18H26ClN5O/c1-5-20-18(23(3)12-15-11-22-24(4)13-15)21-10-14(2)25-17-9-7-6-8-16(17)19/h6-9,11,13-14H,5,10,12H2,1-4H3,(H,20,21). The lowest BCUT2D eigenvalue weighted by atomic mass is 10.3. The molecule has 0 fully saturated rings. The maximum Gasteiger partial charge on any atom is 0.194 e. The number of benzene rings is 1. The van der Waals surface area contributed by atoms with E-state index in [-0.39, 0.29) is 6.10 Å². The fourth-order valence-corrected chi connectivity index (χ4v) is 2.56. The molecule has 0 radical (unpaired) electrons. The molecule has 6 nitrogen and oxygen atoms in total. The quantitative estimate of drug-likeness (QED) is 0.607. The summed E-state index contributed by atoms with van der Waals surface area (Å²) in [6.45, 7) is 6.11. The number of nitrogens with one attached hydrogen (secondary N) is 1. The molecule has 0 saturated carbocycles. The summed E-state index contributed by atoms with van der Waals surface area (Å²) in [4.78, 5) is 6.75. The molecule has 2 rings (SSSR count). The van der Waals surface area contributed by atoms with Crippen LogP contribution in [-0.4, -0.2) is 46.9 Å². The molecule has 0 amide bonds. The van der Waals surface area contributed by atoms with Gasteiger partial charge in [0.25, 0.3) is 0 Å². The van der Waals surface area contributed by atoms with E-state index < -0.39 is 0 Å². The van der Waals surface area contributed by atoms with Crippen molar-refractivity contribution in [1.29, 1.82) is 0 Å². The van der Waals surface area contributed by atoms with Crippen LogP contribution in [0.25, 0.3) is 0 Å². The zero-order valence-electron chi connectivity index (χ0n) is 15.2. The maximum absolute atomic E-state index is 6.13. The summed E-state index contributed by atoms with van der Waals surface area (Å²) < 4.78 is 7.67. The molecule has 136 valence electrons. The summed E-state index contributed by atoms with van der Waals surface area (Å²) in [5.41, 5.74) is 1.14. The molecule has 0 spiro atoms. The van der Waals surface area contributed by atoms with Crippen LogP contribution in [0, 0.1) is 0 Å². The largest absolute Gasteiger partial charge is 0.487 e. The van der Waals surface area contributed by atoms with Crippen LogP contribution in [-0.2, 0) is 13.6 Å². The summed E-state index contributed by atoms with van der Waals surface area (Å²) >= 11 is 6.13. The van der Waals surface area contributed by atoms with Crippen molar-refractivity contribution in [3.8, 4) is 5.75 Å². The number of ether oxygens (including phenoxy) is 1. The van der Waals surface area contributed by atoms with Gasteiger partial charge in [-0.2, -0.15) is 5.10 Å². The van der Waals surface area contributed by atoms with E-state index in [1.54, 1.807) is 4.68 Å². The van der Waals surface area contributed by atoms with E-state index in [9.17, 15) is 0 Å². The minimum absolute atomic E-state index is 0.0830.